The van der Waals surface area contributed by atoms with Crippen LogP contribution in [0.5, 0.6) is 0 Å². The third-order valence-corrected chi connectivity index (χ3v) is 2.93. The van der Waals surface area contributed by atoms with Crippen molar-refractivity contribution in [1.82, 2.24) is 15.5 Å². The minimum absolute atomic E-state index is 0.0555. The van der Waals surface area contributed by atoms with Crippen molar-refractivity contribution >= 4 is 0 Å². The Morgan fingerprint density at radius 2 is 1.53 bits per heavy atom. The summed E-state index contributed by atoms with van der Waals surface area (Å²) in [5.41, 5.74) is 5.37. The monoisotopic (exact) mass is 278 g/mol. The van der Waals surface area contributed by atoms with Crippen LogP contribution in [0.3, 0.4) is 0 Å². The predicted octanol–water partition coefficient (Wildman–Crippen LogP) is -2.84. The average molecular weight is 278 g/mol. The molecule has 0 aromatic carbocycles. The van der Waals surface area contributed by atoms with Crippen LogP contribution in [0.25, 0.3) is 0 Å². The summed E-state index contributed by atoms with van der Waals surface area (Å²) in [7, 11) is 0. The molecule has 0 saturated carbocycles. The molecule has 0 heterocycles. The van der Waals surface area contributed by atoms with Crippen LogP contribution >= 0.6 is 0 Å². The first-order chi connectivity index (χ1) is 9.29. The number of hydrogen-bond donors (Lipinski definition) is 6. The zero-order chi connectivity index (χ0) is 14.3. The van der Waals surface area contributed by atoms with E-state index in [1.54, 1.807) is 0 Å². The summed E-state index contributed by atoms with van der Waals surface area (Å²) in [6.07, 6.45) is 0.628. The molecular weight excluding hydrogens is 248 g/mol. The van der Waals surface area contributed by atoms with E-state index in [0.717, 1.165) is 26.2 Å². The third-order valence-electron chi connectivity index (χ3n) is 2.93. The summed E-state index contributed by atoms with van der Waals surface area (Å²) < 4.78 is 0. The molecule has 1 unspecified atom stereocenters. The number of rotatable bonds is 14. The molecule has 116 valence electrons. The zero-order valence-electron chi connectivity index (χ0n) is 11.7. The molecule has 0 aromatic heterocycles. The van der Waals surface area contributed by atoms with Gasteiger partial charge < -0.3 is 31.7 Å². The molecule has 0 saturated heterocycles. The molecule has 0 aliphatic carbocycles. The Kier molecular flexibility index (Phi) is 13.9. The smallest absolute Gasteiger partial charge is 0.0558 e. The van der Waals surface area contributed by atoms with E-state index in [9.17, 15) is 0 Å². The maximum Gasteiger partial charge on any atom is 0.0558 e. The van der Waals surface area contributed by atoms with Gasteiger partial charge in [0.25, 0.3) is 0 Å². The van der Waals surface area contributed by atoms with Crippen LogP contribution in [0, 0.1) is 0 Å². The van der Waals surface area contributed by atoms with E-state index < -0.39 is 0 Å². The lowest BCUT2D eigenvalue weighted by Crippen LogP contribution is -2.46. The fourth-order valence-electron chi connectivity index (χ4n) is 1.97. The molecule has 0 spiro atoms. The van der Waals surface area contributed by atoms with E-state index in [1.165, 1.54) is 0 Å². The number of nitrogens with one attached hydrogen (secondary N) is 2. The van der Waals surface area contributed by atoms with Gasteiger partial charge in [-0.15, -0.1) is 0 Å². The normalized spacial score (nSPS) is 13.1. The fourth-order valence-corrected chi connectivity index (χ4v) is 1.97. The first-order valence-electron chi connectivity index (χ1n) is 6.98. The van der Waals surface area contributed by atoms with E-state index in [0.29, 0.717) is 26.1 Å². The molecule has 19 heavy (non-hydrogen) atoms. The molecule has 1 atom stereocenters. The largest absolute Gasteiger partial charge is 0.396 e. The summed E-state index contributed by atoms with van der Waals surface area (Å²) in [6, 6.07) is 0.124. The van der Waals surface area contributed by atoms with Crippen LogP contribution in [0.4, 0.5) is 0 Å². The predicted molar refractivity (Wildman–Crippen MR) is 76.0 cm³/mol. The van der Waals surface area contributed by atoms with Crippen molar-refractivity contribution in [1.29, 1.82) is 0 Å². The van der Waals surface area contributed by atoms with E-state index in [-0.39, 0.29) is 25.9 Å². The number of aliphatic hydroxyl groups is 3. The Morgan fingerprint density at radius 3 is 2.05 bits per heavy atom. The first kappa shape index (κ1) is 18.7. The molecule has 0 aliphatic heterocycles. The van der Waals surface area contributed by atoms with Crippen LogP contribution in [0.2, 0.25) is 0 Å². The molecule has 7 nitrogen and oxygen atoms in total. The highest BCUT2D eigenvalue weighted by atomic mass is 16.3. The van der Waals surface area contributed by atoms with Crippen molar-refractivity contribution in [2.24, 2.45) is 5.73 Å². The Morgan fingerprint density at radius 1 is 0.895 bits per heavy atom. The highest BCUT2D eigenvalue weighted by molar-refractivity contribution is 4.74. The lowest BCUT2D eigenvalue weighted by Gasteiger charge is -2.30. The lowest BCUT2D eigenvalue weighted by atomic mass is 10.1. The van der Waals surface area contributed by atoms with Gasteiger partial charge in [0.05, 0.1) is 13.2 Å². The first-order valence-corrected chi connectivity index (χ1v) is 6.98. The molecule has 7 heteroatoms. The van der Waals surface area contributed by atoms with E-state index >= 15 is 0 Å². The Balaban J connectivity index is 3.93. The zero-order valence-corrected chi connectivity index (χ0v) is 11.7. The quantitative estimate of drug-likeness (QED) is 0.190. The maximum absolute atomic E-state index is 9.09. The van der Waals surface area contributed by atoms with E-state index in [2.05, 4.69) is 10.6 Å². The fraction of sp³-hybridized carbons (Fsp3) is 1.00. The molecule has 0 aliphatic rings. The summed E-state index contributed by atoms with van der Waals surface area (Å²) in [5, 5.41) is 33.6. The highest BCUT2D eigenvalue weighted by Gasteiger charge is 2.16. The van der Waals surface area contributed by atoms with Gasteiger partial charge in [0.2, 0.25) is 0 Å². The molecule has 7 N–H and O–H groups in total. The van der Waals surface area contributed by atoms with E-state index in [4.69, 9.17) is 21.1 Å². The van der Waals surface area contributed by atoms with Crippen LogP contribution in [0.15, 0.2) is 0 Å². The number of hydrogen-bond acceptors (Lipinski definition) is 7. The Hall–Kier alpha value is -0.280. The SMILES string of the molecule is NCCNCCNCC(CCO)N(CCO)CCO. The summed E-state index contributed by atoms with van der Waals surface area (Å²) >= 11 is 0. The van der Waals surface area contributed by atoms with Gasteiger partial charge in [-0.25, -0.2) is 0 Å². The standard InChI is InChI=1S/C12H30N4O3/c13-2-3-14-4-5-15-11-12(1-8-17)16(6-9-18)7-10-19/h12,14-15,17-19H,1-11,13H2. The van der Waals surface area contributed by atoms with Crippen LogP contribution in [0.1, 0.15) is 6.42 Å². The summed E-state index contributed by atoms with van der Waals surface area (Å²) in [6.45, 7) is 5.08. The number of aliphatic hydroxyl groups excluding tert-OH is 3. The van der Waals surface area contributed by atoms with Crippen molar-refractivity contribution in [2.75, 3.05) is 65.6 Å². The highest BCUT2D eigenvalue weighted by Crippen LogP contribution is 2.02. The molecule has 0 aromatic rings. The summed E-state index contributed by atoms with van der Waals surface area (Å²) in [5.74, 6) is 0. The van der Waals surface area contributed by atoms with Gasteiger partial charge in [-0.1, -0.05) is 0 Å². The Labute approximate surface area is 115 Å². The van der Waals surface area contributed by atoms with Crippen LogP contribution < -0.4 is 16.4 Å². The molecule has 0 bridgehead atoms. The number of nitrogens with zero attached hydrogens (tertiary/aromatic N) is 1. The van der Waals surface area contributed by atoms with Gasteiger partial charge in [0.1, 0.15) is 0 Å². The topological polar surface area (TPSA) is 114 Å². The summed E-state index contributed by atoms with van der Waals surface area (Å²) in [4.78, 5) is 2.00. The number of nitrogens with two attached hydrogens (primary N) is 1. The van der Waals surface area contributed by atoms with Gasteiger partial charge in [-0.2, -0.15) is 0 Å². The minimum Gasteiger partial charge on any atom is -0.396 e. The minimum atomic E-state index is 0.0555. The van der Waals surface area contributed by atoms with Crippen molar-refractivity contribution in [2.45, 2.75) is 12.5 Å². The second-order valence-electron chi connectivity index (χ2n) is 4.39. The van der Waals surface area contributed by atoms with Gasteiger partial charge >= 0.3 is 0 Å². The van der Waals surface area contributed by atoms with Crippen molar-refractivity contribution in [3.05, 3.63) is 0 Å². The van der Waals surface area contributed by atoms with Crippen LogP contribution in [-0.2, 0) is 0 Å². The van der Waals surface area contributed by atoms with Gasteiger partial charge in [-0.3, -0.25) is 4.90 Å². The third kappa shape index (κ3) is 10.2. The van der Waals surface area contributed by atoms with Crippen molar-refractivity contribution < 1.29 is 15.3 Å². The molecule has 0 amide bonds. The molecule has 0 rings (SSSR count). The maximum atomic E-state index is 9.09. The second kappa shape index (κ2) is 14.1. The van der Waals surface area contributed by atoms with Gasteiger partial charge in [0, 0.05) is 58.5 Å². The Bertz CT molecular complexity index is 180. The van der Waals surface area contributed by atoms with Gasteiger partial charge in [-0.05, 0) is 6.42 Å². The van der Waals surface area contributed by atoms with E-state index in [1.807, 2.05) is 4.90 Å². The molecular formula is C12H30N4O3. The average Bonchev–Trinajstić information content (AvgIpc) is 2.41. The molecule has 0 fully saturated rings. The molecule has 0 radical (unpaired) electrons. The second-order valence-corrected chi connectivity index (χ2v) is 4.39. The van der Waals surface area contributed by atoms with Crippen LogP contribution in [-0.4, -0.2) is 91.9 Å². The van der Waals surface area contributed by atoms with Crippen molar-refractivity contribution in [3.63, 3.8) is 0 Å². The van der Waals surface area contributed by atoms with Crippen molar-refractivity contribution in [3.8, 4) is 0 Å². The van der Waals surface area contributed by atoms with Gasteiger partial charge in [0.15, 0.2) is 0 Å². The lowest BCUT2D eigenvalue weighted by molar-refractivity contribution is 0.104.